The third-order valence-electron chi connectivity index (χ3n) is 3.47. The van der Waals surface area contributed by atoms with Crippen LogP contribution in [-0.2, 0) is 20.7 Å². The van der Waals surface area contributed by atoms with Crippen LogP contribution in [0.3, 0.4) is 0 Å². The lowest BCUT2D eigenvalue weighted by Crippen LogP contribution is -2.51. The summed E-state index contributed by atoms with van der Waals surface area (Å²) in [6.07, 6.45) is 1.79. The van der Waals surface area contributed by atoms with Crippen LogP contribution in [0.25, 0.3) is 10.9 Å². The van der Waals surface area contributed by atoms with Gasteiger partial charge in [-0.2, -0.15) is 0 Å². The third kappa shape index (κ3) is 3.85. The van der Waals surface area contributed by atoms with Crippen LogP contribution in [0.15, 0.2) is 30.5 Å². The van der Waals surface area contributed by atoms with E-state index >= 15 is 0 Å². The van der Waals surface area contributed by atoms with Gasteiger partial charge in [-0.3, -0.25) is 9.59 Å². The molecule has 1 aromatic carbocycles. The quantitative estimate of drug-likeness (QED) is 0.726. The van der Waals surface area contributed by atoms with Crippen molar-refractivity contribution < 1.29 is 19.4 Å². The highest BCUT2D eigenvalue weighted by atomic mass is 16.5. The number of aromatic nitrogens is 1. The number of aliphatic carboxylic acids is 1. The Hall–Kier alpha value is -2.34. The second-order valence-corrected chi connectivity index (χ2v) is 5.65. The van der Waals surface area contributed by atoms with Crippen LogP contribution < -0.4 is 5.32 Å². The Kier molecular flexibility index (Phi) is 4.82. The Bertz CT molecular complexity index is 680. The Balaban J connectivity index is 2.09. The highest BCUT2D eigenvalue weighted by Gasteiger charge is 2.29. The smallest absolute Gasteiger partial charge is 0.305 e. The number of carbonyl (C=O) groups is 2. The van der Waals surface area contributed by atoms with Gasteiger partial charge in [0.1, 0.15) is 0 Å². The fourth-order valence-electron chi connectivity index (χ4n) is 2.62. The van der Waals surface area contributed by atoms with Crippen molar-refractivity contribution in [2.75, 3.05) is 13.7 Å². The van der Waals surface area contributed by atoms with E-state index in [1.165, 1.54) is 7.11 Å². The van der Waals surface area contributed by atoms with Crippen molar-refractivity contribution in [1.29, 1.82) is 0 Å². The van der Waals surface area contributed by atoms with Gasteiger partial charge in [-0.1, -0.05) is 18.2 Å². The van der Waals surface area contributed by atoms with Gasteiger partial charge in [0, 0.05) is 24.2 Å². The predicted octanol–water partition coefficient (Wildman–Crippen LogP) is 1.71. The average Bonchev–Trinajstić information content (AvgIpc) is 2.81. The van der Waals surface area contributed by atoms with Gasteiger partial charge in [0.15, 0.2) is 0 Å². The van der Waals surface area contributed by atoms with E-state index in [4.69, 9.17) is 9.84 Å². The minimum atomic E-state index is -0.980. The number of methoxy groups -OCH3 is 1. The number of carboxylic acid groups (broad SMARTS) is 1. The molecule has 2 aromatic rings. The van der Waals surface area contributed by atoms with E-state index in [1.54, 1.807) is 13.1 Å². The Morgan fingerprint density at radius 2 is 2.09 bits per heavy atom. The maximum atomic E-state index is 12.3. The number of carbonyl (C=O) groups excluding carboxylic acids is 1. The van der Waals surface area contributed by atoms with E-state index in [9.17, 15) is 9.59 Å². The summed E-state index contributed by atoms with van der Waals surface area (Å²) < 4.78 is 5.03. The van der Waals surface area contributed by atoms with Gasteiger partial charge < -0.3 is 20.1 Å². The van der Waals surface area contributed by atoms with Gasteiger partial charge >= 0.3 is 5.97 Å². The molecule has 0 aliphatic carbocycles. The van der Waals surface area contributed by atoms with Gasteiger partial charge in [0.05, 0.1) is 25.0 Å². The van der Waals surface area contributed by atoms with Gasteiger partial charge in [0.2, 0.25) is 5.91 Å². The number of nitrogens with one attached hydrogen (secondary N) is 2. The third-order valence-corrected chi connectivity index (χ3v) is 3.47. The molecule has 118 valence electrons. The zero-order valence-corrected chi connectivity index (χ0v) is 12.7. The van der Waals surface area contributed by atoms with Crippen LogP contribution in [0.5, 0.6) is 0 Å². The van der Waals surface area contributed by atoms with Crippen molar-refractivity contribution in [1.82, 2.24) is 10.3 Å². The lowest BCUT2D eigenvalue weighted by molar-refractivity contribution is -0.139. The molecule has 0 saturated carbocycles. The van der Waals surface area contributed by atoms with Gasteiger partial charge in [-0.15, -0.1) is 0 Å². The molecule has 2 rings (SSSR count). The molecule has 0 spiro atoms. The molecule has 1 amide bonds. The predicted molar refractivity (Wildman–Crippen MR) is 82.7 cm³/mol. The summed E-state index contributed by atoms with van der Waals surface area (Å²) in [5.74, 6) is -1.21. The molecule has 1 aromatic heterocycles. The van der Waals surface area contributed by atoms with Gasteiger partial charge in [0.25, 0.3) is 0 Å². The number of aromatic amines is 1. The molecular formula is C16H20N2O4. The standard InChI is InChI=1S/C16H20N2O4/c1-16(10-22-2,8-15(20)21)18-14(19)7-11-9-17-13-6-4-3-5-12(11)13/h3-6,9,17H,7-8,10H2,1-2H3,(H,18,19)(H,20,21). The van der Waals surface area contributed by atoms with E-state index in [-0.39, 0.29) is 25.4 Å². The summed E-state index contributed by atoms with van der Waals surface area (Å²) in [4.78, 5) is 26.3. The van der Waals surface area contributed by atoms with E-state index in [2.05, 4.69) is 10.3 Å². The summed E-state index contributed by atoms with van der Waals surface area (Å²) in [6, 6.07) is 7.72. The fraction of sp³-hybridized carbons (Fsp3) is 0.375. The highest BCUT2D eigenvalue weighted by molar-refractivity contribution is 5.89. The molecule has 1 atom stereocenters. The van der Waals surface area contributed by atoms with Crippen molar-refractivity contribution in [3.05, 3.63) is 36.0 Å². The first kappa shape index (κ1) is 16.0. The second kappa shape index (κ2) is 6.62. The number of amides is 1. The lowest BCUT2D eigenvalue weighted by atomic mass is 9.98. The number of carboxylic acids is 1. The average molecular weight is 304 g/mol. The first-order valence-corrected chi connectivity index (χ1v) is 7.00. The van der Waals surface area contributed by atoms with Crippen LogP contribution in [0.2, 0.25) is 0 Å². The molecule has 6 nitrogen and oxygen atoms in total. The van der Waals surface area contributed by atoms with Gasteiger partial charge in [-0.05, 0) is 18.6 Å². The normalized spacial score (nSPS) is 13.7. The number of fused-ring (bicyclic) bond motifs is 1. The van der Waals surface area contributed by atoms with Crippen molar-refractivity contribution in [3.8, 4) is 0 Å². The number of hydrogen-bond acceptors (Lipinski definition) is 3. The van der Waals surface area contributed by atoms with Crippen molar-refractivity contribution >= 4 is 22.8 Å². The van der Waals surface area contributed by atoms with Crippen LogP contribution >= 0.6 is 0 Å². The number of rotatable bonds is 7. The Morgan fingerprint density at radius 1 is 1.36 bits per heavy atom. The monoisotopic (exact) mass is 304 g/mol. The first-order chi connectivity index (χ1) is 10.4. The molecule has 0 bridgehead atoms. The Morgan fingerprint density at radius 3 is 2.77 bits per heavy atom. The van der Waals surface area contributed by atoms with Crippen molar-refractivity contribution in [3.63, 3.8) is 0 Å². The van der Waals surface area contributed by atoms with E-state index < -0.39 is 11.5 Å². The molecule has 0 radical (unpaired) electrons. The maximum Gasteiger partial charge on any atom is 0.305 e. The van der Waals surface area contributed by atoms with Crippen LogP contribution in [0.4, 0.5) is 0 Å². The molecule has 0 fully saturated rings. The SMILES string of the molecule is COCC(C)(CC(=O)O)NC(=O)Cc1c[nH]c2ccccc12. The summed E-state index contributed by atoms with van der Waals surface area (Å²) in [5, 5.41) is 12.7. The summed E-state index contributed by atoms with van der Waals surface area (Å²) >= 11 is 0. The largest absolute Gasteiger partial charge is 0.481 e. The molecule has 22 heavy (non-hydrogen) atoms. The van der Waals surface area contributed by atoms with Crippen LogP contribution in [0, 0.1) is 0 Å². The highest BCUT2D eigenvalue weighted by Crippen LogP contribution is 2.19. The maximum absolute atomic E-state index is 12.3. The van der Waals surface area contributed by atoms with Crippen LogP contribution in [0.1, 0.15) is 18.9 Å². The molecule has 1 heterocycles. The summed E-state index contributed by atoms with van der Waals surface area (Å²) in [6.45, 7) is 1.80. The molecule has 0 aliphatic rings. The fourth-order valence-corrected chi connectivity index (χ4v) is 2.62. The summed E-state index contributed by atoms with van der Waals surface area (Å²) in [5.41, 5.74) is 0.919. The molecule has 6 heteroatoms. The number of H-pyrrole nitrogens is 1. The molecule has 0 saturated heterocycles. The van der Waals surface area contributed by atoms with E-state index in [0.717, 1.165) is 16.5 Å². The first-order valence-electron chi connectivity index (χ1n) is 7.00. The summed E-state index contributed by atoms with van der Waals surface area (Å²) in [7, 11) is 1.48. The molecule has 3 N–H and O–H groups in total. The van der Waals surface area contributed by atoms with Crippen LogP contribution in [-0.4, -0.2) is 41.2 Å². The lowest BCUT2D eigenvalue weighted by Gasteiger charge is -2.28. The Labute approximate surface area is 128 Å². The molecule has 0 aliphatic heterocycles. The van der Waals surface area contributed by atoms with Gasteiger partial charge in [-0.25, -0.2) is 0 Å². The zero-order chi connectivity index (χ0) is 16.2. The number of ether oxygens (including phenoxy) is 1. The zero-order valence-electron chi connectivity index (χ0n) is 12.7. The molecule has 1 unspecified atom stereocenters. The van der Waals surface area contributed by atoms with Crippen molar-refractivity contribution in [2.45, 2.75) is 25.3 Å². The van der Waals surface area contributed by atoms with Crippen molar-refractivity contribution in [2.24, 2.45) is 0 Å². The number of hydrogen-bond donors (Lipinski definition) is 3. The number of benzene rings is 1. The minimum absolute atomic E-state index is 0.138. The molecular weight excluding hydrogens is 284 g/mol. The van der Waals surface area contributed by atoms with E-state index in [1.807, 2.05) is 24.3 Å². The minimum Gasteiger partial charge on any atom is -0.481 e. The second-order valence-electron chi connectivity index (χ2n) is 5.65. The topological polar surface area (TPSA) is 91.4 Å². The van der Waals surface area contributed by atoms with E-state index in [0.29, 0.717) is 0 Å². The number of para-hydroxylation sites is 1.